The molecule has 0 spiro atoms. The molecule has 0 fully saturated rings. The van der Waals surface area contributed by atoms with Crippen molar-refractivity contribution in [3.8, 4) is 0 Å². The van der Waals surface area contributed by atoms with Gasteiger partial charge in [-0.1, -0.05) is 0 Å². The molecular weight excluding hydrogens is 195 g/mol. The van der Waals surface area contributed by atoms with Crippen LogP contribution in [0.2, 0.25) is 0 Å². The van der Waals surface area contributed by atoms with Gasteiger partial charge in [0.15, 0.2) is 17.4 Å². The molecule has 0 aromatic rings. The standard InChI is InChI=1S/Al.Fe.H2O4S.H2O.3H/c;;1-5(2,3)4;;;;/h;;(H2,1,2,3,4);1H2;;;. The molecule has 0 saturated carbocycles. The molecule has 0 saturated heterocycles. The third kappa shape index (κ3) is 306. The zero-order valence-corrected chi connectivity index (χ0v) is 4.89. The molecule has 0 amide bonds. The monoisotopic (exact) mass is 202 g/mol. The quantitative estimate of drug-likeness (QED) is 0.330. The van der Waals surface area contributed by atoms with E-state index in [4.69, 9.17) is 17.5 Å². The van der Waals surface area contributed by atoms with Gasteiger partial charge in [0, 0.05) is 17.1 Å². The summed E-state index contributed by atoms with van der Waals surface area (Å²) in [4.78, 5) is 0. The minimum atomic E-state index is -4.67. The van der Waals surface area contributed by atoms with E-state index in [1.54, 1.807) is 0 Å². The smallest absolute Gasteiger partial charge is 0.394 e. The molecule has 0 aromatic carbocycles. The molecule has 0 atom stereocenters. The van der Waals surface area contributed by atoms with E-state index in [9.17, 15) is 0 Å². The summed E-state index contributed by atoms with van der Waals surface area (Å²) in [5.74, 6) is 0. The van der Waals surface area contributed by atoms with Crippen molar-refractivity contribution in [1.82, 2.24) is 0 Å². The van der Waals surface area contributed by atoms with Gasteiger partial charge in [-0.25, -0.2) is 0 Å². The summed E-state index contributed by atoms with van der Waals surface area (Å²) in [5.41, 5.74) is 0. The average molecular weight is 202 g/mol. The Bertz CT molecular complexity index is 95.6. The number of rotatable bonds is 0. The molecule has 0 radical (unpaired) electrons. The molecule has 0 aliphatic carbocycles. The summed E-state index contributed by atoms with van der Waals surface area (Å²) in [5, 5.41) is 0. The van der Waals surface area contributed by atoms with E-state index in [1.165, 1.54) is 0 Å². The third-order valence-corrected chi connectivity index (χ3v) is 0. The van der Waals surface area contributed by atoms with Crippen molar-refractivity contribution < 1.29 is 40.1 Å². The van der Waals surface area contributed by atoms with Gasteiger partial charge >= 0.3 is 10.4 Å². The molecule has 8 heavy (non-hydrogen) atoms. The van der Waals surface area contributed by atoms with Crippen LogP contribution in [0.15, 0.2) is 0 Å². The van der Waals surface area contributed by atoms with Crippen LogP contribution < -0.4 is 0 Å². The van der Waals surface area contributed by atoms with Gasteiger partial charge in [-0.05, 0) is 0 Å². The SMILES string of the molecule is O.O=S(=O)(O)O.[AlH3].[Fe]. The second-order valence-electron chi connectivity index (χ2n) is 0.448. The molecule has 4 N–H and O–H groups in total. The minimum Gasteiger partial charge on any atom is -0.412 e. The van der Waals surface area contributed by atoms with E-state index in [-0.39, 0.29) is 39.9 Å². The summed E-state index contributed by atoms with van der Waals surface area (Å²) in [6, 6.07) is 0. The Balaban J connectivity index is -0.0000000267. The Morgan fingerprint density at radius 1 is 1.12 bits per heavy atom. The van der Waals surface area contributed by atoms with Gasteiger partial charge in [-0.2, -0.15) is 8.42 Å². The molecule has 0 bridgehead atoms. The second kappa shape index (κ2) is 7.88. The van der Waals surface area contributed by atoms with Gasteiger partial charge in [-0.3, -0.25) is 9.11 Å². The zero-order valence-electron chi connectivity index (χ0n) is 2.97. The molecule has 0 aromatic heterocycles. The maximum atomic E-state index is 8.74. The van der Waals surface area contributed by atoms with Crippen LogP contribution in [-0.2, 0) is 27.5 Å². The zero-order chi connectivity index (χ0) is 4.50. The van der Waals surface area contributed by atoms with E-state index < -0.39 is 10.4 Å². The topological polar surface area (TPSA) is 106 Å². The Morgan fingerprint density at radius 2 is 1.12 bits per heavy atom. The third-order valence-electron chi connectivity index (χ3n) is 0. The first kappa shape index (κ1) is 23.2. The summed E-state index contributed by atoms with van der Waals surface area (Å²) in [6.07, 6.45) is 0. The maximum Gasteiger partial charge on any atom is 0.394 e. The fraction of sp³-hybridized carbons (Fsp3) is 0. The van der Waals surface area contributed by atoms with Crippen LogP contribution in [0.1, 0.15) is 0 Å². The molecule has 54 valence electrons. The van der Waals surface area contributed by atoms with Crippen LogP contribution in [0.4, 0.5) is 0 Å². The Labute approximate surface area is 68.0 Å². The Hall–Kier alpha value is 0.882. The fourth-order valence-electron chi connectivity index (χ4n) is 0. The largest absolute Gasteiger partial charge is 0.412 e. The number of hydrogen-bond acceptors (Lipinski definition) is 2. The first-order valence-corrected chi connectivity index (χ1v) is 2.10. The molecule has 0 aliphatic heterocycles. The van der Waals surface area contributed by atoms with Crippen molar-refractivity contribution in [2.45, 2.75) is 0 Å². The van der Waals surface area contributed by atoms with Crippen molar-refractivity contribution in [1.29, 1.82) is 0 Å². The van der Waals surface area contributed by atoms with E-state index in [1.807, 2.05) is 0 Å². The van der Waals surface area contributed by atoms with Crippen LogP contribution in [0.5, 0.6) is 0 Å². The number of hydrogen-bond donors (Lipinski definition) is 2. The molecule has 5 nitrogen and oxygen atoms in total. The maximum absolute atomic E-state index is 8.74. The molecule has 0 heterocycles. The minimum absolute atomic E-state index is 0. The first-order chi connectivity index (χ1) is 2.00. The van der Waals surface area contributed by atoms with Crippen molar-refractivity contribution in [2.75, 3.05) is 0 Å². The van der Waals surface area contributed by atoms with E-state index in [0.29, 0.717) is 0 Å². The first-order valence-electron chi connectivity index (χ1n) is 0.698. The summed E-state index contributed by atoms with van der Waals surface area (Å²) in [6.45, 7) is 0. The van der Waals surface area contributed by atoms with Gasteiger partial charge in [0.05, 0.1) is 0 Å². The van der Waals surface area contributed by atoms with Crippen molar-refractivity contribution in [3.63, 3.8) is 0 Å². The van der Waals surface area contributed by atoms with Gasteiger partial charge in [0.1, 0.15) is 0 Å². The van der Waals surface area contributed by atoms with Crippen molar-refractivity contribution in [3.05, 3.63) is 0 Å². The van der Waals surface area contributed by atoms with E-state index in [2.05, 4.69) is 0 Å². The van der Waals surface area contributed by atoms with Crippen LogP contribution in [0, 0.1) is 0 Å². The van der Waals surface area contributed by atoms with Gasteiger partial charge in [0.2, 0.25) is 0 Å². The Morgan fingerprint density at radius 3 is 1.12 bits per heavy atom. The van der Waals surface area contributed by atoms with Crippen LogP contribution >= 0.6 is 0 Å². The summed E-state index contributed by atoms with van der Waals surface area (Å²) < 4.78 is 31.6. The van der Waals surface area contributed by atoms with E-state index >= 15 is 0 Å². The summed E-state index contributed by atoms with van der Waals surface area (Å²) in [7, 11) is -4.67. The average Bonchev–Trinajstić information content (AvgIpc) is 0.722. The van der Waals surface area contributed by atoms with E-state index in [0.717, 1.165) is 0 Å². The van der Waals surface area contributed by atoms with Gasteiger partial charge in [0.25, 0.3) is 0 Å². The normalized spacial score (nSPS) is 7.25. The van der Waals surface area contributed by atoms with Crippen LogP contribution in [0.3, 0.4) is 0 Å². The fourth-order valence-corrected chi connectivity index (χ4v) is 0. The molecule has 0 rings (SSSR count). The summed E-state index contributed by atoms with van der Waals surface area (Å²) >= 11 is 0. The molecular formula is H7AlFeO5S. The molecule has 0 unspecified atom stereocenters. The van der Waals surface area contributed by atoms with Crippen molar-refractivity contribution >= 4 is 27.8 Å². The molecule has 0 aliphatic rings. The second-order valence-corrected chi connectivity index (χ2v) is 1.34. The van der Waals surface area contributed by atoms with Crippen LogP contribution in [-0.4, -0.2) is 40.4 Å². The predicted octanol–water partition coefficient (Wildman–Crippen LogP) is -2.66. The van der Waals surface area contributed by atoms with Gasteiger partial charge < -0.3 is 5.48 Å². The molecule has 8 heteroatoms. The van der Waals surface area contributed by atoms with Gasteiger partial charge in [-0.15, -0.1) is 0 Å². The van der Waals surface area contributed by atoms with Crippen LogP contribution in [0.25, 0.3) is 0 Å². The predicted molar refractivity (Wildman–Crippen MR) is 27.7 cm³/mol. The van der Waals surface area contributed by atoms with Crippen molar-refractivity contribution in [2.24, 2.45) is 0 Å². The Kier molecular flexibility index (Phi) is 22.8.